The molecule has 0 spiro atoms. The second-order valence-electron chi connectivity index (χ2n) is 2.76. The highest BCUT2D eigenvalue weighted by molar-refractivity contribution is 7.17. The molecule has 0 aliphatic carbocycles. The Morgan fingerprint density at radius 2 is 1.88 bits per heavy atom. The van der Waals surface area contributed by atoms with E-state index in [1.54, 1.807) is 12.1 Å². The topological polar surface area (TPSA) is 56.0 Å². The van der Waals surface area contributed by atoms with E-state index in [1.807, 2.05) is 32.0 Å². The number of nitrogen functional groups attached to an aromatic ring is 1. The van der Waals surface area contributed by atoms with Crippen molar-refractivity contribution in [2.45, 2.75) is 13.8 Å². The Morgan fingerprint density at radius 1 is 1.25 bits per heavy atom. The molecule has 1 aromatic carbocycles. The lowest BCUT2D eigenvalue weighted by molar-refractivity contribution is 0.104. The van der Waals surface area contributed by atoms with E-state index in [0.29, 0.717) is 15.6 Å². The second kappa shape index (κ2) is 6.02. The van der Waals surface area contributed by atoms with Crippen molar-refractivity contribution in [3.05, 3.63) is 47.0 Å². The lowest BCUT2D eigenvalue weighted by Crippen LogP contribution is -1.97. The van der Waals surface area contributed by atoms with Crippen LogP contribution >= 0.6 is 11.3 Å². The van der Waals surface area contributed by atoms with Crippen LogP contribution in [0, 0.1) is 0 Å². The van der Waals surface area contributed by atoms with Crippen LogP contribution in [0.2, 0.25) is 0 Å². The first-order chi connectivity index (χ1) is 7.77. The summed E-state index contributed by atoms with van der Waals surface area (Å²) < 4.78 is 0. The smallest absolute Gasteiger partial charge is 0.204 e. The van der Waals surface area contributed by atoms with Gasteiger partial charge in [0, 0.05) is 5.56 Å². The minimum Gasteiger partial charge on any atom is -0.375 e. The molecule has 2 N–H and O–H groups in total. The number of carbonyl (C=O) groups is 1. The predicted molar refractivity (Wildman–Crippen MR) is 67.7 cm³/mol. The fourth-order valence-corrected chi connectivity index (χ4v) is 1.77. The van der Waals surface area contributed by atoms with Gasteiger partial charge in [0.05, 0.1) is 11.1 Å². The van der Waals surface area contributed by atoms with Crippen molar-refractivity contribution in [3.8, 4) is 0 Å². The highest BCUT2D eigenvalue weighted by atomic mass is 32.1. The second-order valence-corrected chi connectivity index (χ2v) is 3.82. The zero-order chi connectivity index (χ0) is 12.0. The highest BCUT2D eigenvalue weighted by Crippen LogP contribution is 2.18. The Labute approximate surface area is 99.0 Å². The summed E-state index contributed by atoms with van der Waals surface area (Å²) in [5, 5.41) is 0.421. The number of anilines is 1. The fraction of sp³-hybridized carbons (Fsp3) is 0.167. The van der Waals surface area contributed by atoms with Gasteiger partial charge in [-0.25, -0.2) is 4.98 Å². The number of hydrogen-bond donors (Lipinski definition) is 1. The van der Waals surface area contributed by atoms with Gasteiger partial charge in [0.25, 0.3) is 0 Å². The number of ketones is 1. The summed E-state index contributed by atoms with van der Waals surface area (Å²) >= 11 is 1.21. The molecular weight excluding hydrogens is 220 g/mol. The minimum atomic E-state index is -0.0280. The standard InChI is InChI=1S/C10H8N2OS.C2H6/c11-10-12-6-8(14-10)9(13)7-4-2-1-3-5-7;1-2/h1-6H,(H2,11,12);1-2H3. The van der Waals surface area contributed by atoms with Crippen molar-refractivity contribution in [1.82, 2.24) is 4.98 Å². The van der Waals surface area contributed by atoms with Gasteiger partial charge in [0.2, 0.25) is 5.78 Å². The number of hydrogen-bond acceptors (Lipinski definition) is 4. The van der Waals surface area contributed by atoms with Crippen LogP contribution in [0.4, 0.5) is 5.13 Å². The van der Waals surface area contributed by atoms with E-state index in [4.69, 9.17) is 5.73 Å². The Kier molecular flexibility index (Phi) is 4.66. The molecule has 4 heteroatoms. The van der Waals surface area contributed by atoms with Crippen LogP contribution in [-0.2, 0) is 0 Å². The van der Waals surface area contributed by atoms with Gasteiger partial charge in [-0.3, -0.25) is 4.79 Å². The molecule has 0 radical (unpaired) electrons. The number of rotatable bonds is 2. The van der Waals surface area contributed by atoms with Crippen molar-refractivity contribution in [2.24, 2.45) is 0 Å². The number of thiazole rings is 1. The Hall–Kier alpha value is -1.68. The van der Waals surface area contributed by atoms with Crippen LogP contribution in [0.1, 0.15) is 29.1 Å². The molecule has 84 valence electrons. The van der Waals surface area contributed by atoms with E-state index >= 15 is 0 Å². The highest BCUT2D eigenvalue weighted by Gasteiger charge is 2.10. The van der Waals surface area contributed by atoms with Crippen LogP contribution in [0.5, 0.6) is 0 Å². The van der Waals surface area contributed by atoms with Gasteiger partial charge >= 0.3 is 0 Å². The van der Waals surface area contributed by atoms with E-state index in [2.05, 4.69) is 4.98 Å². The number of aromatic nitrogens is 1. The maximum Gasteiger partial charge on any atom is 0.204 e. The van der Waals surface area contributed by atoms with Gasteiger partial charge in [-0.1, -0.05) is 55.5 Å². The van der Waals surface area contributed by atoms with Crippen LogP contribution in [-0.4, -0.2) is 10.8 Å². The SMILES string of the molecule is CC.Nc1ncc(C(=O)c2ccccc2)s1. The van der Waals surface area contributed by atoms with Gasteiger partial charge in [-0.2, -0.15) is 0 Å². The molecule has 1 heterocycles. The Bertz CT molecular complexity index is 451. The molecule has 0 atom stereocenters. The quantitative estimate of drug-likeness (QED) is 0.813. The normalized spacial score (nSPS) is 9.12. The lowest BCUT2D eigenvalue weighted by atomic mass is 10.1. The summed E-state index contributed by atoms with van der Waals surface area (Å²) in [6.07, 6.45) is 1.51. The summed E-state index contributed by atoms with van der Waals surface area (Å²) in [5.41, 5.74) is 6.11. The van der Waals surface area contributed by atoms with Gasteiger partial charge in [0.15, 0.2) is 5.13 Å². The van der Waals surface area contributed by atoms with Gasteiger partial charge in [0.1, 0.15) is 0 Å². The average molecular weight is 234 g/mol. The van der Waals surface area contributed by atoms with E-state index < -0.39 is 0 Å². The molecule has 0 bridgehead atoms. The third kappa shape index (κ3) is 2.90. The van der Waals surface area contributed by atoms with Crippen molar-refractivity contribution < 1.29 is 4.79 Å². The monoisotopic (exact) mass is 234 g/mol. The molecule has 1 aromatic heterocycles. The fourth-order valence-electron chi connectivity index (χ4n) is 1.12. The summed E-state index contributed by atoms with van der Waals surface area (Å²) in [6.45, 7) is 4.00. The zero-order valence-corrected chi connectivity index (χ0v) is 10.1. The molecule has 0 aliphatic heterocycles. The molecule has 16 heavy (non-hydrogen) atoms. The van der Waals surface area contributed by atoms with Crippen molar-refractivity contribution in [2.75, 3.05) is 5.73 Å². The molecular formula is C12H14N2OS. The third-order valence-electron chi connectivity index (χ3n) is 1.78. The number of benzene rings is 1. The molecule has 0 amide bonds. The minimum absolute atomic E-state index is 0.0280. The summed E-state index contributed by atoms with van der Waals surface area (Å²) in [6, 6.07) is 9.09. The summed E-state index contributed by atoms with van der Waals surface area (Å²) in [5.74, 6) is -0.0280. The number of nitrogens with zero attached hydrogens (tertiary/aromatic N) is 1. The number of carbonyl (C=O) groups excluding carboxylic acids is 1. The Balaban J connectivity index is 0.000000606. The molecule has 3 nitrogen and oxygen atoms in total. The van der Waals surface area contributed by atoms with Crippen molar-refractivity contribution in [3.63, 3.8) is 0 Å². The first-order valence-corrected chi connectivity index (χ1v) is 5.90. The van der Waals surface area contributed by atoms with Crippen molar-refractivity contribution >= 4 is 22.3 Å². The van der Waals surface area contributed by atoms with Gasteiger partial charge in [-0.15, -0.1) is 0 Å². The lowest BCUT2D eigenvalue weighted by Gasteiger charge is -1.95. The molecule has 0 fully saturated rings. The third-order valence-corrected chi connectivity index (χ3v) is 2.61. The first kappa shape index (κ1) is 12.4. The van der Waals surface area contributed by atoms with Gasteiger partial charge < -0.3 is 5.73 Å². The summed E-state index contributed by atoms with van der Waals surface area (Å²) in [4.78, 5) is 16.2. The van der Waals surface area contributed by atoms with Crippen LogP contribution < -0.4 is 5.73 Å². The largest absolute Gasteiger partial charge is 0.375 e. The molecule has 0 unspecified atom stereocenters. The average Bonchev–Trinajstić information content (AvgIpc) is 2.79. The molecule has 0 saturated heterocycles. The van der Waals surface area contributed by atoms with E-state index in [1.165, 1.54) is 17.5 Å². The predicted octanol–water partition coefficient (Wildman–Crippen LogP) is 2.98. The molecule has 0 saturated carbocycles. The van der Waals surface area contributed by atoms with Crippen LogP contribution in [0.25, 0.3) is 0 Å². The van der Waals surface area contributed by atoms with Crippen molar-refractivity contribution in [1.29, 1.82) is 0 Å². The van der Waals surface area contributed by atoms with E-state index in [-0.39, 0.29) is 5.78 Å². The molecule has 0 aliphatic rings. The van der Waals surface area contributed by atoms with E-state index in [0.717, 1.165) is 0 Å². The number of nitrogens with two attached hydrogens (primary N) is 1. The maximum atomic E-state index is 11.8. The first-order valence-electron chi connectivity index (χ1n) is 5.08. The molecule has 2 aromatic rings. The van der Waals surface area contributed by atoms with Crippen LogP contribution in [0.3, 0.4) is 0 Å². The van der Waals surface area contributed by atoms with E-state index in [9.17, 15) is 4.79 Å². The van der Waals surface area contributed by atoms with Crippen LogP contribution in [0.15, 0.2) is 36.5 Å². The zero-order valence-electron chi connectivity index (χ0n) is 9.31. The summed E-state index contributed by atoms with van der Waals surface area (Å²) in [7, 11) is 0. The maximum absolute atomic E-state index is 11.8. The Morgan fingerprint density at radius 3 is 2.38 bits per heavy atom. The van der Waals surface area contributed by atoms with Gasteiger partial charge in [-0.05, 0) is 0 Å². The molecule has 2 rings (SSSR count).